The van der Waals surface area contributed by atoms with E-state index >= 15 is 0 Å². The number of hydrogen-bond donors (Lipinski definition) is 6. The van der Waals surface area contributed by atoms with Crippen molar-refractivity contribution in [3.05, 3.63) is 109 Å². The summed E-state index contributed by atoms with van der Waals surface area (Å²) in [6.07, 6.45) is 45.6. The summed E-state index contributed by atoms with van der Waals surface area (Å²) in [5.74, 6) is -1.49. The lowest BCUT2D eigenvalue weighted by Gasteiger charge is -2.05. The number of nitrogens with one attached hydrogen (secondary N) is 3. The van der Waals surface area contributed by atoms with Gasteiger partial charge < -0.3 is 20.6 Å². The van der Waals surface area contributed by atoms with Gasteiger partial charge in [-0.25, -0.2) is 4.79 Å². The molecule has 0 radical (unpaired) electrons. The first-order valence-corrected chi connectivity index (χ1v) is 29.7. The van der Waals surface area contributed by atoms with E-state index in [4.69, 9.17) is 15.3 Å². The van der Waals surface area contributed by atoms with Gasteiger partial charge in [-0.2, -0.15) is 0 Å². The number of unbranched alkanes of at least 4 members (excludes halogenated alkanes) is 26. The van der Waals surface area contributed by atoms with E-state index in [1.807, 2.05) is 0 Å². The first-order valence-electron chi connectivity index (χ1n) is 29.7. The zero-order chi connectivity index (χ0) is 55.0. The average Bonchev–Trinajstić information content (AvgIpc) is 4.00. The molecule has 1 aromatic heterocycles. The van der Waals surface area contributed by atoms with Gasteiger partial charge in [-0.1, -0.05) is 266 Å². The van der Waals surface area contributed by atoms with Crippen LogP contribution in [0.1, 0.15) is 268 Å². The van der Waals surface area contributed by atoms with E-state index in [1.165, 1.54) is 176 Å². The summed E-state index contributed by atoms with van der Waals surface area (Å²) in [7, 11) is 0. The zero-order valence-corrected chi connectivity index (χ0v) is 47.4. The summed E-state index contributed by atoms with van der Waals surface area (Å²) in [6, 6.07) is 18.8. The molecule has 2 aliphatic rings. The van der Waals surface area contributed by atoms with Gasteiger partial charge in [0.25, 0.3) is 5.56 Å². The summed E-state index contributed by atoms with van der Waals surface area (Å²) in [5.41, 5.74) is 8.05. The van der Waals surface area contributed by atoms with Crippen molar-refractivity contribution in [1.82, 2.24) is 9.97 Å². The third-order valence-corrected chi connectivity index (χ3v) is 13.5. The lowest BCUT2D eigenvalue weighted by atomic mass is 10.0. The van der Waals surface area contributed by atoms with Crippen LogP contribution in [0.4, 0.5) is 5.82 Å². The molecule has 75 heavy (non-hydrogen) atoms. The fourth-order valence-corrected chi connectivity index (χ4v) is 9.14. The second kappa shape index (κ2) is 47.3. The quantitative estimate of drug-likeness (QED) is 0.0305. The Morgan fingerprint density at radius 1 is 0.440 bits per heavy atom. The molecular weight excluding hydrogens is 939 g/mol. The molecule has 6 N–H and O–H groups in total. The van der Waals surface area contributed by atoms with Gasteiger partial charge >= 0.3 is 23.6 Å². The third kappa shape index (κ3) is 39.8. The van der Waals surface area contributed by atoms with Crippen molar-refractivity contribution >= 4 is 35.9 Å². The summed E-state index contributed by atoms with van der Waals surface area (Å²) < 4.78 is 0. The first-order chi connectivity index (χ1) is 36.4. The number of aliphatic carboxylic acids is 3. The molecule has 422 valence electrons. The highest BCUT2D eigenvalue weighted by Crippen LogP contribution is 2.33. The van der Waals surface area contributed by atoms with E-state index in [2.05, 4.69) is 104 Å². The molecule has 0 saturated heterocycles. The zero-order valence-electron chi connectivity index (χ0n) is 47.4. The van der Waals surface area contributed by atoms with Gasteiger partial charge in [-0.05, 0) is 67.2 Å². The molecule has 0 bridgehead atoms. The Bertz CT molecular complexity index is 2010. The SMILES string of the molecule is C1=C(CC2=Cc3ccccc3C2)Cc2ccccc21.CCCCCCCCCC(=O)O.CCCCCCCCCCC(=O)O.CCCCCCCCCCCC(=O)O.CCCCCCCCNc1cc(=O)[nH]c(=O)[nH]1. The third-order valence-electron chi connectivity index (χ3n) is 13.5. The van der Waals surface area contributed by atoms with Crippen LogP contribution in [0.5, 0.6) is 0 Å². The van der Waals surface area contributed by atoms with Crippen molar-refractivity contribution in [2.45, 2.75) is 259 Å². The Hall–Kier alpha value is -5.19. The van der Waals surface area contributed by atoms with Gasteiger partial charge in [0.15, 0.2) is 0 Å². The number of aromatic nitrogens is 2. The molecule has 2 aliphatic carbocycles. The largest absolute Gasteiger partial charge is 0.481 e. The molecule has 3 aromatic rings. The number of allylic oxidation sites excluding steroid dienone is 2. The molecule has 0 atom stereocenters. The minimum absolute atomic E-state index is 0.341. The fourth-order valence-electron chi connectivity index (χ4n) is 9.14. The lowest BCUT2D eigenvalue weighted by molar-refractivity contribution is -0.138. The van der Waals surface area contributed by atoms with Crippen LogP contribution in [-0.2, 0) is 27.2 Å². The van der Waals surface area contributed by atoms with Crippen LogP contribution in [0, 0.1) is 0 Å². The summed E-state index contributed by atoms with van der Waals surface area (Å²) in [4.78, 5) is 57.1. The molecule has 0 fully saturated rings. The van der Waals surface area contributed by atoms with Crippen LogP contribution in [0.2, 0.25) is 0 Å². The number of aromatic amines is 2. The van der Waals surface area contributed by atoms with E-state index in [9.17, 15) is 24.0 Å². The maximum absolute atomic E-state index is 11.0. The molecule has 0 unspecified atom stereocenters. The molecular formula is C64H103N3O8. The Balaban J connectivity index is 0.000000475. The molecule has 2 aromatic carbocycles. The van der Waals surface area contributed by atoms with E-state index in [-0.39, 0.29) is 5.56 Å². The number of rotatable bonds is 37. The van der Waals surface area contributed by atoms with Crippen LogP contribution in [0.3, 0.4) is 0 Å². The Morgan fingerprint density at radius 3 is 1.08 bits per heavy atom. The second-order valence-corrected chi connectivity index (χ2v) is 20.6. The Labute approximate surface area is 453 Å². The average molecular weight is 1040 g/mol. The second-order valence-electron chi connectivity index (χ2n) is 20.6. The van der Waals surface area contributed by atoms with Crippen LogP contribution < -0.4 is 16.6 Å². The topological polar surface area (TPSA) is 190 Å². The van der Waals surface area contributed by atoms with Gasteiger partial charge in [0.2, 0.25) is 0 Å². The smallest absolute Gasteiger partial charge is 0.327 e. The van der Waals surface area contributed by atoms with Crippen LogP contribution in [0.15, 0.2) is 75.3 Å². The number of carboxylic acids is 3. The van der Waals surface area contributed by atoms with E-state index in [0.29, 0.717) is 25.1 Å². The molecule has 1 heterocycles. The number of benzene rings is 2. The van der Waals surface area contributed by atoms with Crippen LogP contribution >= 0.6 is 0 Å². The molecule has 0 amide bonds. The van der Waals surface area contributed by atoms with Crippen molar-refractivity contribution in [3.8, 4) is 0 Å². The van der Waals surface area contributed by atoms with Gasteiger partial charge in [0.1, 0.15) is 5.82 Å². The van der Waals surface area contributed by atoms with Crippen molar-refractivity contribution in [1.29, 1.82) is 0 Å². The van der Waals surface area contributed by atoms with Crippen LogP contribution in [-0.4, -0.2) is 49.7 Å². The van der Waals surface area contributed by atoms with Gasteiger partial charge in [0.05, 0.1) is 0 Å². The molecule has 0 spiro atoms. The maximum atomic E-state index is 11.0. The highest BCUT2D eigenvalue weighted by Gasteiger charge is 2.17. The monoisotopic (exact) mass is 1040 g/mol. The fraction of sp³-hybridized carbons (Fsp3) is 0.641. The van der Waals surface area contributed by atoms with Crippen molar-refractivity contribution in [2.75, 3.05) is 11.9 Å². The van der Waals surface area contributed by atoms with E-state index in [0.717, 1.165) is 70.8 Å². The minimum Gasteiger partial charge on any atom is -0.481 e. The van der Waals surface area contributed by atoms with Crippen molar-refractivity contribution in [2.24, 2.45) is 0 Å². The van der Waals surface area contributed by atoms with Gasteiger partial charge in [0, 0.05) is 31.9 Å². The van der Waals surface area contributed by atoms with Gasteiger partial charge in [-0.15, -0.1) is 0 Å². The number of anilines is 1. The number of carboxylic acid groups (broad SMARTS) is 3. The standard InChI is InChI=1S/C19H16.C12H21N3O2.C12H24O2.C11H22O2.C10H20O2/c1-2-6-17-11-14(10-16(17)5-1)9-15-12-18-7-3-4-8-19(18)13-15;1-2-3-4-5-6-7-8-13-10-9-11(16)15-12(17)14-10;1-2-3-4-5-6-7-8-9-10-11-12(13)14;1-2-3-4-5-6-7-8-9-10-11(12)13;1-2-3-4-5-6-7-8-9-10(11)12/h1-8,10,12H,9,11,13H2;9H,2-8H2,1H3,(H3,13,14,15,16,17);2-11H2,1H3,(H,13,14);2-10H2,1H3,(H,12,13);2-9H2,1H3,(H,11,12). The predicted molar refractivity (Wildman–Crippen MR) is 315 cm³/mol. The number of fused-ring (bicyclic) bond motifs is 2. The Kier molecular flexibility index (Phi) is 42.8. The summed E-state index contributed by atoms with van der Waals surface area (Å²) in [5, 5.41) is 28.2. The number of H-pyrrole nitrogens is 2. The predicted octanol–water partition coefficient (Wildman–Crippen LogP) is 17.3. The molecule has 11 nitrogen and oxygen atoms in total. The van der Waals surface area contributed by atoms with E-state index < -0.39 is 23.6 Å². The minimum atomic E-state index is -0.663. The molecule has 5 rings (SSSR count). The normalized spacial score (nSPS) is 11.7. The van der Waals surface area contributed by atoms with Crippen LogP contribution in [0.25, 0.3) is 12.2 Å². The van der Waals surface area contributed by atoms with Crippen molar-refractivity contribution in [3.63, 3.8) is 0 Å². The first kappa shape index (κ1) is 67.8. The van der Waals surface area contributed by atoms with E-state index in [1.54, 1.807) is 11.1 Å². The maximum Gasteiger partial charge on any atom is 0.327 e. The summed E-state index contributed by atoms with van der Waals surface area (Å²) in [6.45, 7) is 9.62. The highest BCUT2D eigenvalue weighted by atomic mass is 16.4. The lowest BCUT2D eigenvalue weighted by Crippen LogP contribution is -2.23. The van der Waals surface area contributed by atoms with Crippen molar-refractivity contribution < 1.29 is 29.7 Å². The number of hydrogen-bond acceptors (Lipinski definition) is 6. The number of carbonyl (C=O) groups is 3. The molecule has 0 aliphatic heterocycles. The highest BCUT2D eigenvalue weighted by molar-refractivity contribution is 5.69. The van der Waals surface area contributed by atoms with Gasteiger partial charge in [-0.3, -0.25) is 29.1 Å². The summed E-state index contributed by atoms with van der Waals surface area (Å²) >= 11 is 0. The molecule has 11 heteroatoms. The Morgan fingerprint density at radius 2 is 0.760 bits per heavy atom. The molecule has 0 saturated carbocycles.